The molecule has 0 aliphatic carbocycles. The number of nitrogens with two attached hydrogens (primary N) is 1. The summed E-state index contributed by atoms with van der Waals surface area (Å²) in [5, 5.41) is 10.2. The molecule has 0 saturated carbocycles. The predicted octanol–water partition coefficient (Wildman–Crippen LogP) is 1.75. The number of hydrogen-bond donors (Lipinski definition) is 1. The van der Waals surface area contributed by atoms with E-state index in [-0.39, 0.29) is 24.5 Å². The molecule has 0 amide bonds. The van der Waals surface area contributed by atoms with Crippen molar-refractivity contribution in [1.29, 1.82) is 0 Å². The van der Waals surface area contributed by atoms with Gasteiger partial charge in [0.05, 0.1) is 11.0 Å². The molecule has 0 atom stereocenters. The molecule has 0 heterocycles. The van der Waals surface area contributed by atoms with Crippen LogP contribution in [0.25, 0.3) is 0 Å². The smallest absolute Gasteiger partial charge is 0.308 e. The van der Waals surface area contributed by atoms with Gasteiger partial charge in [0.1, 0.15) is 5.82 Å². The fourth-order valence-corrected chi connectivity index (χ4v) is 0.911. The van der Waals surface area contributed by atoms with Crippen molar-refractivity contribution in [2.45, 2.75) is 6.54 Å². The fourth-order valence-electron chi connectivity index (χ4n) is 0.911. The van der Waals surface area contributed by atoms with Crippen LogP contribution < -0.4 is 5.73 Å². The lowest BCUT2D eigenvalue weighted by Crippen LogP contribution is -2.04. The Kier molecular flexibility index (Phi) is 4.39. The van der Waals surface area contributed by atoms with Gasteiger partial charge in [-0.1, -0.05) is 0 Å². The van der Waals surface area contributed by atoms with E-state index in [1.165, 1.54) is 0 Å². The SMILES string of the molecule is Cl.NCc1cc(F)cc([N+](=O)[O-])c1F. The molecular formula is C7H7ClF2N2O2. The molecule has 7 heteroatoms. The van der Waals surface area contributed by atoms with Crippen LogP contribution in [0, 0.1) is 21.7 Å². The average molecular weight is 225 g/mol. The molecule has 0 radical (unpaired) electrons. The van der Waals surface area contributed by atoms with Crippen LogP contribution in [0.5, 0.6) is 0 Å². The van der Waals surface area contributed by atoms with E-state index in [2.05, 4.69) is 0 Å². The van der Waals surface area contributed by atoms with Crippen LogP contribution in [0.3, 0.4) is 0 Å². The van der Waals surface area contributed by atoms with Crippen molar-refractivity contribution in [2.75, 3.05) is 0 Å². The molecule has 78 valence electrons. The maximum absolute atomic E-state index is 13.0. The van der Waals surface area contributed by atoms with Gasteiger partial charge in [-0.25, -0.2) is 4.39 Å². The summed E-state index contributed by atoms with van der Waals surface area (Å²) in [6.07, 6.45) is 0. The van der Waals surface area contributed by atoms with Gasteiger partial charge in [-0.3, -0.25) is 10.1 Å². The van der Waals surface area contributed by atoms with Crippen LogP contribution in [0.15, 0.2) is 12.1 Å². The molecule has 0 aliphatic rings. The topological polar surface area (TPSA) is 69.2 Å². The maximum atomic E-state index is 13.0. The summed E-state index contributed by atoms with van der Waals surface area (Å²) in [4.78, 5) is 9.21. The minimum absolute atomic E-state index is 0. The Balaban J connectivity index is 0.00000169. The van der Waals surface area contributed by atoms with Crippen molar-refractivity contribution in [1.82, 2.24) is 0 Å². The number of nitro groups is 1. The third kappa shape index (κ3) is 2.36. The van der Waals surface area contributed by atoms with E-state index in [0.29, 0.717) is 6.07 Å². The quantitative estimate of drug-likeness (QED) is 0.615. The Hall–Kier alpha value is -1.27. The van der Waals surface area contributed by atoms with Crippen LogP contribution >= 0.6 is 12.4 Å². The van der Waals surface area contributed by atoms with Gasteiger partial charge in [-0.2, -0.15) is 4.39 Å². The lowest BCUT2D eigenvalue weighted by atomic mass is 10.2. The van der Waals surface area contributed by atoms with Crippen molar-refractivity contribution < 1.29 is 13.7 Å². The summed E-state index contributed by atoms with van der Waals surface area (Å²) in [5.41, 5.74) is 3.97. The maximum Gasteiger partial charge on any atom is 0.308 e. The van der Waals surface area contributed by atoms with Gasteiger partial charge >= 0.3 is 5.69 Å². The van der Waals surface area contributed by atoms with Crippen LogP contribution in [0.4, 0.5) is 14.5 Å². The van der Waals surface area contributed by atoms with Crippen LogP contribution in [-0.2, 0) is 6.54 Å². The zero-order chi connectivity index (χ0) is 10.0. The zero-order valence-corrected chi connectivity index (χ0v) is 7.68. The third-order valence-electron chi connectivity index (χ3n) is 1.51. The second-order valence-electron chi connectivity index (χ2n) is 2.36. The fraction of sp³-hybridized carbons (Fsp3) is 0.143. The minimum atomic E-state index is -1.08. The largest absolute Gasteiger partial charge is 0.326 e. The van der Waals surface area contributed by atoms with Gasteiger partial charge < -0.3 is 5.73 Å². The number of nitrogens with zero attached hydrogens (tertiary/aromatic N) is 1. The van der Waals surface area contributed by atoms with Crippen molar-refractivity contribution in [3.63, 3.8) is 0 Å². The van der Waals surface area contributed by atoms with Gasteiger partial charge in [-0.05, 0) is 6.07 Å². The monoisotopic (exact) mass is 224 g/mol. The summed E-state index contributed by atoms with van der Waals surface area (Å²) in [6, 6.07) is 1.36. The third-order valence-corrected chi connectivity index (χ3v) is 1.51. The number of benzene rings is 1. The molecule has 4 nitrogen and oxygen atoms in total. The molecule has 0 spiro atoms. The molecule has 1 rings (SSSR count). The first-order valence-electron chi connectivity index (χ1n) is 3.38. The molecule has 1 aromatic carbocycles. The summed E-state index contributed by atoms with van der Waals surface area (Å²) in [5.74, 6) is -1.94. The second-order valence-corrected chi connectivity index (χ2v) is 2.36. The van der Waals surface area contributed by atoms with Gasteiger partial charge in [-0.15, -0.1) is 12.4 Å². The van der Waals surface area contributed by atoms with Crippen LogP contribution in [-0.4, -0.2) is 4.92 Å². The Morgan fingerprint density at radius 3 is 2.43 bits per heavy atom. The molecular weight excluding hydrogens is 218 g/mol. The van der Waals surface area contributed by atoms with Gasteiger partial charge in [0, 0.05) is 12.1 Å². The van der Waals surface area contributed by atoms with E-state index in [1.807, 2.05) is 0 Å². The van der Waals surface area contributed by atoms with E-state index >= 15 is 0 Å². The van der Waals surface area contributed by atoms with Crippen molar-refractivity contribution in [3.05, 3.63) is 39.4 Å². The van der Waals surface area contributed by atoms with Gasteiger partial charge in [0.2, 0.25) is 5.82 Å². The summed E-state index contributed by atoms with van der Waals surface area (Å²) in [6.45, 7) is -0.273. The van der Waals surface area contributed by atoms with Gasteiger partial charge in [0.25, 0.3) is 0 Å². The van der Waals surface area contributed by atoms with E-state index in [9.17, 15) is 18.9 Å². The second kappa shape index (κ2) is 4.83. The first-order chi connectivity index (χ1) is 6.06. The molecule has 1 aromatic rings. The molecule has 0 aliphatic heterocycles. The van der Waals surface area contributed by atoms with E-state index in [4.69, 9.17) is 5.73 Å². The highest BCUT2D eigenvalue weighted by atomic mass is 35.5. The first kappa shape index (κ1) is 12.7. The number of halogens is 3. The summed E-state index contributed by atoms with van der Waals surface area (Å²) < 4.78 is 25.6. The molecule has 0 aromatic heterocycles. The van der Waals surface area contributed by atoms with Crippen molar-refractivity contribution >= 4 is 18.1 Å². The molecule has 14 heavy (non-hydrogen) atoms. The Bertz CT molecular complexity index is 360. The Morgan fingerprint density at radius 2 is 2.00 bits per heavy atom. The van der Waals surface area contributed by atoms with Crippen LogP contribution in [0.1, 0.15) is 5.56 Å². The summed E-state index contributed by atoms with van der Waals surface area (Å²) in [7, 11) is 0. The van der Waals surface area contributed by atoms with E-state index < -0.39 is 22.2 Å². The standard InChI is InChI=1S/C7H6F2N2O2.ClH/c8-5-1-4(3-10)7(9)6(2-5)11(12)13;/h1-2H,3,10H2;1H. The molecule has 0 fully saturated rings. The minimum Gasteiger partial charge on any atom is -0.326 e. The average Bonchev–Trinajstić information content (AvgIpc) is 2.08. The highest BCUT2D eigenvalue weighted by Crippen LogP contribution is 2.21. The first-order valence-corrected chi connectivity index (χ1v) is 3.38. The van der Waals surface area contributed by atoms with Crippen LogP contribution in [0.2, 0.25) is 0 Å². The lowest BCUT2D eigenvalue weighted by molar-refractivity contribution is -0.387. The Morgan fingerprint density at radius 1 is 1.43 bits per heavy atom. The highest BCUT2D eigenvalue weighted by Gasteiger charge is 2.18. The van der Waals surface area contributed by atoms with Gasteiger partial charge in [0.15, 0.2) is 0 Å². The van der Waals surface area contributed by atoms with E-state index in [0.717, 1.165) is 6.07 Å². The number of rotatable bonds is 2. The normalized spacial score (nSPS) is 9.36. The Labute approximate surface area is 84.3 Å². The molecule has 2 N–H and O–H groups in total. The number of nitro benzene ring substituents is 1. The molecule has 0 saturated heterocycles. The zero-order valence-electron chi connectivity index (χ0n) is 6.87. The number of hydrogen-bond acceptors (Lipinski definition) is 3. The highest BCUT2D eigenvalue weighted by molar-refractivity contribution is 5.85. The summed E-state index contributed by atoms with van der Waals surface area (Å²) >= 11 is 0. The van der Waals surface area contributed by atoms with E-state index in [1.54, 1.807) is 0 Å². The van der Waals surface area contributed by atoms with Crippen molar-refractivity contribution in [3.8, 4) is 0 Å². The predicted molar refractivity (Wildman–Crippen MR) is 48.2 cm³/mol. The lowest BCUT2D eigenvalue weighted by Gasteiger charge is -2.00. The molecule has 0 unspecified atom stereocenters. The van der Waals surface area contributed by atoms with Crippen molar-refractivity contribution in [2.24, 2.45) is 5.73 Å². The molecule has 0 bridgehead atoms.